The Morgan fingerprint density at radius 2 is 1.95 bits per heavy atom. The van der Waals surface area contributed by atoms with Crippen molar-refractivity contribution in [3.63, 3.8) is 0 Å². The summed E-state index contributed by atoms with van der Waals surface area (Å²) in [6.07, 6.45) is 2.41. The fourth-order valence-electron chi connectivity index (χ4n) is 2.23. The van der Waals surface area contributed by atoms with Crippen molar-refractivity contribution >= 4 is 10.8 Å². The van der Waals surface area contributed by atoms with Crippen molar-refractivity contribution in [2.45, 2.75) is 13.0 Å². The van der Waals surface area contributed by atoms with Crippen molar-refractivity contribution in [1.29, 1.82) is 0 Å². The Bertz CT molecular complexity index is 641. The zero-order valence-electron chi connectivity index (χ0n) is 10.6. The van der Waals surface area contributed by atoms with E-state index in [2.05, 4.69) is 63.0 Å². The summed E-state index contributed by atoms with van der Waals surface area (Å²) in [7, 11) is 0. The Kier molecular flexibility index (Phi) is 3.51. The zero-order valence-corrected chi connectivity index (χ0v) is 10.6. The molecule has 0 aliphatic carbocycles. The molecule has 3 aromatic rings. The first kappa shape index (κ1) is 11.9. The summed E-state index contributed by atoms with van der Waals surface area (Å²) >= 11 is 0. The molecule has 1 aromatic heterocycles. The van der Waals surface area contributed by atoms with E-state index in [9.17, 15) is 0 Å². The molecule has 2 aromatic carbocycles. The molecule has 3 rings (SSSR count). The number of aromatic nitrogens is 3. The van der Waals surface area contributed by atoms with Gasteiger partial charge >= 0.3 is 0 Å². The highest BCUT2D eigenvalue weighted by Gasteiger charge is 2.00. The summed E-state index contributed by atoms with van der Waals surface area (Å²) in [4.78, 5) is 4.10. The van der Waals surface area contributed by atoms with Crippen LogP contribution in [0.1, 0.15) is 11.4 Å². The summed E-state index contributed by atoms with van der Waals surface area (Å²) in [6, 6.07) is 14.9. The lowest BCUT2D eigenvalue weighted by atomic mass is 10.0. The predicted octanol–water partition coefficient (Wildman–Crippen LogP) is 2.29. The lowest BCUT2D eigenvalue weighted by Gasteiger charge is -2.07. The van der Waals surface area contributed by atoms with Gasteiger partial charge in [0.15, 0.2) is 0 Å². The van der Waals surface area contributed by atoms with Crippen LogP contribution in [0, 0.1) is 0 Å². The minimum atomic E-state index is 0.866. The van der Waals surface area contributed by atoms with Gasteiger partial charge in [-0.1, -0.05) is 42.5 Å². The molecule has 0 saturated carbocycles. The maximum Gasteiger partial charge on any atom is 0.137 e. The summed E-state index contributed by atoms with van der Waals surface area (Å²) < 4.78 is 0. The summed E-state index contributed by atoms with van der Waals surface area (Å²) in [5.41, 5.74) is 1.33. The van der Waals surface area contributed by atoms with Crippen LogP contribution in [0.5, 0.6) is 0 Å². The smallest absolute Gasteiger partial charge is 0.137 e. The predicted molar refractivity (Wildman–Crippen MR) is 75.7 cm³/mol. The van der Waals surface area contributed by atoms with E-state index >= 15 is 0 Å². The van der Waals surface area contributed by atoms with Crippen LogP contribution in [0.25, 0.3) is 10.8 Å². The molecular formula is C15H16N4. The van der Waals surface area contributed by atoms with E-state index in [4.69, 9.17) is 0 Å². The number of H-pyrrole nitrogens is 1. The van der Waals surface area contributed by atoms with Crippen LogP contribution in [0.2, 0.25) is 0 Å². The quantitative estimate of drug-likeness (QED) is 0.685. The van der Waals surface area contributed by atoms with Crippen molar-refractivity contribution in [2.75, 3.05) is 6.54 Å². The molecule has 0 bridgehead atoms. The molecule has 0 amide bonds. The second-order valence-electron chi connectivity index (χ2n) is 4.50. The molecule has 0 aliphatic rings. The van der Waals surface area contributed by atoms with Crippen molar-refractivity contribution in [2.24, 2.45) is 0 Å². The average molecular weight is 252 g/mol. The number of aromatic amines is 1. The van der Waals surface area contributed by atoms with E-state index in [-0.39, 0.29) is 0 Å². The van der Waals surface area contributed by atoms with Crippen molar-refractivity contribution in [3.05, 3.63) is 60.2 Å². The molecule has 0 atom stereocenters. The molecule has 0 unspecified atom stereocenters. The molecule has 0 radical (unpaired) electrons. The van der Waals surface area contributed by atoms with Gasteiger partial charge in [-0.25, -0.2) is 4.98 Å². The van der Waals surface area contributed by atoms with Crippen LogP contribution in [0.15, 0.2) is 48.8 Å². The molecular weight excluding hydrogens is 236 g/mol. The number of rotatable bonds is 5. The molecule has 0 aliphatic heterocycles. The summed E-state index contributed by atoms with van der Waals surface area (Å²) in [6.45, 7) is 1.76. The number of fused-ring (bicyclic) bond motifs is 1. The fraction of sp³-hybridized carbons (Fsp3) is 0.200. The molecule has 0 spiro atoms. The minimum Gasteiger partial charge on any atom is -0.312 e. The van der Waals surface area contributed by atoms with Gasteiger partial charge in [0.05, 0.1) is 0 Å². The Labute approximate surface area is 111 Å². The standard InChI is InChI=1S/C15H16N4/c1-2-7-14-12(4-1)5-3-6-13(14)10-16-9-8-15-17-11-18-19-15/h1-7,11,16H,8-10H2,(H,17,18,19). The molecule has 0 saturated heterocycles. The van der Waals surface area contributed by atoms with Gasteiger partial charge in [0.25, 0.3) is 0 Å². The summed E-state index contributed by atoms with van der Waals surface area (Å²) in [5, 5.41) is 12.8. The number of benzene rings is 2. The Morgan fingerprint density at radius 1 is 1.05 bits per heavy atom. The number of nitrogens with zero attached hydrogens (tertiary/aromatic N) is 2. The van der Waals surface area contributed by atoms with E-state index in [0.717, 1.165) is 25.3 Å². The van der Waals surface area contributed by atoms with E-state index < -0.39 is 0 Å². The van der Waals surface area contributed by atoms with E-state index in [1.54, 1.807) is 6.33 Å². The zero-order chi connectivity index (χ0) is 12.9. The topological polar surface area (TPSA) is 53.6 Å². The van der Waals surface area contributed by atoms with Gasteiger partial charge in [-0.2, -0.15) is 5.10 Å². The third-order valence-electron chi connectivity index (χ3n) is 3.20. The van der Waals surface area contributed by atoms with E-state index in [1.807, 2.05) is 0 Å². The first-order chi connectivity index (χ1) is 9.43. The van der Waals surface area contributed by atoms with Gasteiger partial charge in [-0.3, -0.25) is 5.10 Å². The van der Waals surface area contributed by atoms with Crippen LogP contribution in [-0.2, 0) is 13.0 Å². The van der Waals surface area contributed by atoms with Crippen LogP contribution in [0.4, 0.5) is 0 Å². The minimum absolute atomic E-state index is 0.866. The van der Waals surface area contributed by atoms with Crippen LogP contribution >= 0.6 is 0 Å². The Hall–Kier alpha value is -2.20. The highest BCUT2D eigenvalue weighted by Crippen LogP contribution is 2.18. The van der Waals surface area contributed by atoms with Crippen LogP contribution < -0.4 is 5.32 Å². The molecule has 96 valence electrons. The van der Waals surface area contributed by atoms with Crippen molar-refractivity contribution in [1.82, 2.24) is 20.5 Å². The van der Waals surface area contributed by atoms with E-state index in [0.29, 0.717) is 0 Å². The number of hydrogen-bond donors (Lipinski definition) is 2. The molecule has 4 nitrogen and oxygen atoms in total. The fourth-order valence-corrected chi connectivity index (χ4v) is 2.23. The third kappa shape index (κ3) is 2.80. The first-order valence-corrected chi connectivity index (χ1v) is 6.45. The van der Waals surface area contributed by atoms with Crippen LogP contribution in [-0.4, -0.2) is 21.7 Å². The molecule has 2 N–H and O–H groups in total. The lowest BCUT2D eigenvalue weighted by molar-refractivity contribution is 0.674. The second kappa shape index (κ2) is 5.63. The SMILES string of the molecule is c1ccc2c(CNCCc3ncn[nH]3)cccc2c1. The average Bonchev–Trinajstić information content (AvgIpc) is 2.97. The Balaban J connectivity index is 1.62. The molecule has 1 heterocycles. The monoisotopic (exact) mass is 252 g/mol. The first-order valence-electron chi connectivity index (χ1n) is 6.45. The van der Waals surface area contributed by atoms with Crippen molar-refractivity contribution in [3.8, 4) is 0 Å². The molecule has 19 heavy (non-hydrogen) atoms. The normalized spacial score (nSPS) is 10.9. The van der Waals surface area contributed by atoms with E-state index in [1.165, 1.54) is 16.3 Å². The Morgan fingerprint density at radius 3 is 2.84 bits per heavy atom. The molecule has 0 fully saturated rings. The van der Waals surface area contributed by atoms with Gasteiger partial charge in [0.2, 0.25) is 0 Å². The van der Waals surface area contributed by atoms with Gasteiger partial charge < -0.3 is 5.32 Å². The maximum atomic E-state index is 4.10. The highest BCUT2D eigenvalue weighted by atomic mass is 15.2. The van der Waals surface area contributed by atoms with Crippen molar-refractivity contribution < 1.29 is 0 Å². The third-order valence-corrected chi connectivity index (χ3v) is 3.20. The maximum absolute atomic E-state index is 4.10. The number of hydrogen-bond acceptors (Lipinski definition) is 3. The van der Waals surface area contributed by atoms with Gasteiger partial charge in [-0.15, -0.1) is 0 Å². The largest absolute Gasteiger partial charge is 0.312 e. The van der Waals surface area contributed by atoms with Gasteiger partial charge in [0, 0.05) is 19.5 Å². The summed E-state index contributed by atoms with van der Waals surface area (Å²) in [5.74, 6) is 0.922. The molecule has 4 heteroatoms. The van der Waals surface area contributed by atoms with Gasteiger partial charge in [-0.05, 0) is 16.3 Å². The number of nitrogens with one attached hydrogen (secondary N) is 2. The van der Waals surface area contributed by atoms with Gasteiger partial charge in [0.1, 0.15) is 12.2 Å². The van der Waals surface area contributed by atoms with Crippen LogP contribution in [0.3, 0.4) is 0 Å². The highest BCUT2D eigenvalue weighted by molar-refractivity contribution is 5.85. The second-order valence-corrected chi connectivity index (χ2v) is 4.50. The lowest BCUT2D eigenvalue weighted by Crippen LogP contribution is -2.17.